The minimum absolute atomic E-state index is 0.0380. The molecule has 0 bridgehead atoms. The van der Waals surface area contributed by atoms with E-state index >= 15 is 0 Å². The van der Waals surface area contributed by atoms with Crippen LogP contribution in [0.2, 0.25) is 0 Å². The molecule has 20 heavy (non-hydrogen) atoms. The molecule has 0 saturated carbocycles. The Hall–Kier alpha value is -2.00. The average Bonchev–Trinajstić information content (AvgIpc) is 2.48. The number of rotatable bonds is 7. The Balaban J connectivity index is 1.85. The molecule has 0 aliphatic rings. The fourth-order valence-electron chi connectivity index (χ4n) is 1.86. The molecule has 1 atom stereocenters. The fourth-order valence-corrected chi connectivity index (χ4v) is 1.86. The predicted octanol–water partition coefficient (Wildman–Crippen LogP) is 3.68. The van der Waals surface area contributed by atoms with E-state index in [0.717, 1.165) is 17.1 Å². The van der Waals surface area contributed by atoms with Gasteiger partial charge >= 0.3 is 0 Å². The highest BCUT2D eigenvalue weighted by Gasteiger charge is 2.03. The molecule has 3 nitrogen and oxygen atoms in total. The van der Waals surface area contributed by atoms with E-state index in [1.54, 1.807) is 7.11 Å². The van der Waals surface area contributed by atoms with E-state index in [0.29, 0.717) is 13.2 Å². The number of methoxy groups -OCH3 is 1. The Morgan fingerprint density at radius 2 is 1.55 bits per heavy atom. The summed E-state index contributed by atoms with van der Waals surface area (Å²) < 4.78 is 16.4. The lowest BCUT2D eigenvalue weighted by molar-refractivity contribution is 0.0920. The fraction of sp³-hybridized carbons (Fsp3) is 0.294. The smallest absolute Gasteiger partial charge is 0.120 e. The summed E-state index contributed by atoms with van der Waals surface area (Å²) in [6.45, 7) is 3.12. The second kappa shape index (κ2) is 7.56. The molecule has 0 heterocycles. The first-order valence-corrected chi connectivity index (χ1v) is 6.70. The van der Waals surface area contributed by atoms with E-state index in [1.165, 1.54) is 0 Å². The van der Waals surface area contributed by atoms with Gasteiger partial charge in [-0.1, -0.05) is 30.3 Å². The van der Waals surface area contributed by atoms with Gasteiger partial charge in [-0.05, 0) is 36.8 Å². The Labute approximate surface area is 120 Å². The molecular formula is C17H20O3. The second-order valence-corrected chi connectivity index (χ2v) is 4.63. The molecule has 0 N–H and O–H groups in total. The maximum absolute atomic E-state index is 5.72. The zero-order valence-electron chi connectivity index (χ0n) is 11.9. The lowest BCUT2D eigenvalue weighted by atomic mass is 10.2. The van der Waals surface area contributed by atoms with Gasteiger partial charge < -0.3 is 14.2 Å². The number of benzene rings is 2. The van der Waals surface area contributed by atoms with Crippen LogP contribution in [0.25, 0.3) is 0 Å². The topological polar surface area (TPSA) is 27.7 Å². The van der Waals surface area contributed by atoms with Gasteiger partial charge in [0.15, 0.2) is 0 Å². The molecule has 0 spiro atoms. The molecule has 2 aromatic carbocycles. The van der Waals surface area contributed by atoms with E-state index in [4.69, 9.17) is 14.2 Å². The Bertz CT molecular complexity index is 493. The minimum Gasteiger partial charge on any atom is -0.489 e. The molecular weight excluding hydrogens is 252 g/mol. The number of hydrogen-bond donors (Lipinski definition) is 0. The SMILES string of the molecule is COCC(C)Oc1ccc(OCc2ccccc2)cc1. The maximum atomic E-state index is 5.72. The van der Waals surface area contributed by atoms with Crippen LogP contribution in [0.3, 0.4) is 0 Å². The van der Waals surface area contributed by atoms with Crippen LogP contribution in [0.1, 0.15) is 12.5 Å². The van der Waals surface area contributed by atoms with Crippen molar-refractivity contribution in [2.45, 2.75) is 19.6 Å². The van der Waals surface area contributed by atoms with Crippen molar-refractivity contribution in [3.63, 3.8) is 0 Å². The van der Waals surface area contributed by atoms with Gasteiger partial charge in [0.25, 0.3) is 0 Å². The van der Waals surface area contributed by atoms with E-state index in [1.807, 2.05) is 61.5 Å². The van der Waals surface area contributed by atoms with Crippen molar-refractivity contribution >= 4 is 0 Å². The highest BCUT2D eigenvalue weighted by atomic mass is 16.5. The van der Waals surface area contributed by atoms with Crippen LogP contribution >= 0.6 is 0 Å². The zero-order valence-corrected chi connectivity index (χ0v) is 11.9. The normalized spacial score (nSPS) is 11.9. The van der Waals surface area contributed by atoms with Crippen LogP contribution in [-0.4, -0.2) is 19.8 Å². The lowest BCUT2D eigenvalue weighted by Crippen LogP contribution is -2.17. The summed E-state index contributed by atoms with van der Waals surface area (Å²) in [4.78, 5) is 0. The third-order valence-electron chi connectivity index (χ3n) is 2.81. The molecule has 106 valence electrons. The summed E-state index contributed by atoms with van der Waals surface area (Å²) in [6, 6.07) is 17.7. The predicted molar refractivity (Wildman–Crippen MR) is 79.2 cm³/mol. The molecule has 3 heteroatoms. The van der Waals surface area contributed by atoms with Crippen LogP contribution in [0.15, 0.2) is 54.6 Å². The molecule has 1 unspecified atom stereocenters. The van der Waals surface area contributed by atoms with Gasteiger partial charge in [0, 0.05) is 7.11 Å². The van der Waals surface area contributed by atoms with E-state index < -0.39 is 0 Å². The van der Waals surface area contributed by atoms with Crippen molar-refractivity contribution in [2.75, 3.05) is 13.7 Å². The number of ether oxygens (including phenoxy) is 3. The highest BCUT2D eigenvalue weighted by Crippen LogP contribution is 2.19. The van der Waals surface area contributed by atoms with E-state index in [9.17, 15) is 0 Å². The summed E-state index contributed by atoms with van der Waals surface area (Å²) >= 11 is 0. The Kier molecular flexibility index (Phi) is 5.44. The largest absolute Gasteiger partial charge is 0.489 e. The van der Waals surface area contributed by atoms with Gasteiger partial charge in [0.05, 0.1) is 6.61 Å². The summed E-state index contributed by atoms with van der Waals surface area (Å²) in [6.07, 6.45) is 0.0380. The van der Waals surface area contributed by atoms with Crippen molar-refractivity contribution < 1.29 is 14.2 Å². The summed E-state index contributed by atoms with van der Waals surface area (Å²) in [5.74, 6) is 1.65. The summed E-state index contributed by atoms with van der Waals surface area (Å²) in [5, 5.41) is 0. The quantitative estimate of drug-likeness (QED) is 0.769. The average molecular weight is 272 g/mol. The molecule has 0 aliphatic heterocycles. The van der Waals surface area contributed by atoms with Gasteiger partial charge in [-0.25, -0.2) is 0 Å². The van der Waals surface area contributed by atoms with Crippen molar-refractivity contribution in [1.82, 2.24) is 0 Å². The van der Waals surface area contributed by atoms with Gasteiger partial charge in [-0.3, -0.25) is 0 Å². The van der Waals surface area contributed by atoms with Crippen molar-refractivity contribution in [3.8, 4) is 11.5 Å². The van der Waals surface area contributed by atoms with Crippen LogP contribution in [0, 0.1) is 0 Å². The van der Waals surface area contributed by atoms with Crippen LogP contribution in [0.5, 0.6) is 11.5 Å². The molecule has 2 aromatic rings. The van der Waals surface area contributed by atoms with Gasteiger partial charge in [-0.2, -0.15) is 0 Å². The molecule has 0 radical (unpaired) electrons. The van der Waals surface area contributed by atoms with Crippen molar-refractivity contribution in [2.24, 2.45) is 0 Å². The van der Waals surface area contributed by atoms with Crippen molar-refractivity contribution in [3.05, 3.63) is 60.2 Å². The molecule has 0 aromatic heterocycles. The van der Waals surface area contributed by atoms with E-state index in [2.05, 4.69) is 0 Å². The van der Waals surface area contributed by atoms with Crippen LogP contribution in [-0.2, 0) is 11.3 Å². The highest BCUT2D eigenvalue weighted by molar-refractivity contribution is 5.31. The summed E-state index contributed by atoms with van der Waals surface area (Å²) in [5.41, 5.74) is 1.15. The van der Waals surface area contributed by atoms with Crippen LogP contribution in [0.4, 0.5) is 0 Å². The van der Waals surface area contributed by atoms with Gasteiger partial charge in [0.2, 0.25) is 0 Å². The minimum atomic E-state index is 0.0380. The third kappa shape index (κ3) is 4.59. The van der Waals surface area contributed by atoms with E-state index in [-0.39, 0.29) is 6.10 Å². The molecule has 0 amide bonds. The first-order valence-electron chi connectivity index (χ1n) is 6.70. The Morgan fingerprint density at radius 3 is 2.20 bits per heavy atom. The lowest BCUT2D eigenvalue weighted by Gasteiger charge is -2.14. The molecule has 2 rings (SSSR count). The van der Waals surface area contributed by atoms with Crippen LogP contribution < -0.4 is 9.47 Å². The molecule has 0 saturated heterocycles. The molecule has 0 aliphatic carbocycles. The zero-order chi connectivity index (χ0) is 14.2. The maximum Gasteiger partial charge on any atom is 0.120 e. The monoisotopic (exact) mass is 272 g/mol. The number of hydrogen-bond acceptors (Lipinski definition) is 3. The molecule has 0 fully saturated rings. The van der Waals surface area contributed by atoms with Crippen molar-refractivity contribution in [1.29, 1.82) is 0 Å². The standard InChI is InChI=1S/C17H20O3/c1-14(12-18-2)20-17-10-8-16(9-11-17)19-13-15-6-4-3-5-7-15/h3-11,14H,12-13H2,1-2H3. The van der Waals surface area contributed by atoms with Gasteiger partial charge in [0.1, 0.15) is 24.2 Å². The van der Waals surface area contributed by atoms with Gasteiger partial charge in [-0.15, -0.1) is 0 Å². The third-order valence-corrected chi connectivity index (χ3v) is 2.81. The second-order valence-electron chi connectivity index (χ2n) is 4.63. The first-order chi connectivity index (χ1) is 9.78. The Morgan fingerprint density at radius 1 is 0.900 bits per heavy atom. The summed E-state index contributed by atoms with van der Waals surface area (Å²) in [7, 11) is 1.67. The first kappa shape index (κ1) is 14.4.